The van der Waals surface area contributed by atoms with Crippen molar-refractivity contribution in [3.05, 3.63) is 0 Å². The van der Waals surface area contributed by atoms with Gasteiger partial charge in [0.05, 0.1) is 0 Å². The first-order valence-electron chi connectivity index (χ1n) is 5.47. The predicted octanol–water partition coefficient (Wildman–Crippen LogP) is 1.57. The van der Waals surface area contributed by atoms with Crippen molar-refractivity contribution < 1.29 is 4.79 Å². The van der Waals surface area contributed by atoms with Gasteiger partial charge in [0.15, 0.2) is 0 Å². The topological polar surface area (TPSA) is 46.3 Å². The zero-order chi connectivity index (χ0) is 11.8. The van der Waals surface area contributed by atoms with E-state index in [9.17, 15) is 4.79 Å². The second-order valence-electron chi connectivity index (χ2n) is 4.25. The van der Waals surface area contributed by atoms with E-state index >= 15 is 0 Å². The quantitative estimate of drug-likeness (QED) is 0.725. The Morgan fingerprint density at radius 3 is 2.53 bits per heavy atom. The fourth-order valence-corrected chi connectivity index (χ4v) is 1.56. The van der Waals surface area contributed by atoms with E-state index in [2.05, 4.69) is 13.8 Å². The lowest BCUT2D eigenvalue weighted by Crippen LogP contribution is -2.34. The van der Waals surface area contributed by atoms with Crippen LogP contribution in [0, 0.1) is 5.92 Å². The highest BCUT2D eigenvalue weighted by Gasteiger charge is 2.12. The van der Waals surface area contributed by atoms with Crippen LogP contribution >= 0.6 is 11.8 Å². The predicted molar refractivity (Wildman–Crippen MR) is 68.1 cm³/mol. The van der Waals surface area contributed by atoms with Crippen LogP contribution in [0.4, 0.5) is 0 Å². The maximum absolute atomic E-state index is 11.6. The largest absolute Gasteiger partial charge is 0.346 e. The van der Waals surface area contributed by atoms with Crippen molar-refractivity contribution in [2.24, 2.45) is 11.7 Å². The van der Waals surface area contributed by atoms with Crippen LogP contribution in [0.2, 0.25) is 0 Å². The van der Waals surface area contributed by atoms with Crippen molar-refractivity contribution in [1.29, 1.82) is 0 Å². The van der Waals surface area contributed by atoms with Crippen molar-refractivity contribution in [3.8, 4) is 0 Å². The molecule has 4 heteroatoms. The molecule has 90 valence electrons. The molecule has 15 heavy (non-hydrogen) atoms. The summed E-state index contributed by atoms with van der Waals surface area (Å²) in [6.07, 6.45) is 3.54. The van der Waals surface area contributed by atoms with Gasteiger partial charge in [-0.3, -0.25) is 4.79 Å². The Kier molecular flexibility index (Phi) is 7.88. The molecule has 0 heterocycles. The van der Waals surface area contributed by atoms with Crippen molar-refractivity contribution >= 4 is 17.7 Å². The molecule has 0 aliphatic carbocycles. The molecule has 0 bridgehead atoms. The normalized spacial score (nSPS) is 12.9. The third-order valence-electron chi connectivity index (χ3n) is 2.60. The summed E-state index contributed by atoms with van der Waals surface area (Å²) in [4.78, 5) is 13.3. The minimum Gasteiger partial charge on any atom is -0.346 e. The molecule has 2 N–H and O–H groups in total. The van der Waals surface area contributed by atoms with Crippen molar-refractivity contribution in [3.63, 3.8) is 0 Å². The fourth-order valence-electron chi connectivity index (χ4n) is 1.18. The lowest BCUT2D eigenvalue weighted by atomic mass is 10.0. The van der Waals surface area contributed by atoms with Crippen LogP contribution in [0.5, 0.6) is 0 Å². The molecule has 0 saturated heterocycles. The van der Waals surface area contributed by atoms with Crippen LogP contribution in [0.25, 0.3) is 0 Å². The Balaban J connectivity index is 3.72. The number of hydrogen-bond donors (Lipinski definition) is 1. The number of thioether (sulfide) groups is 1. The van der Waals surface area contributed by atoms with Crippen LogP contribution < -0.4 is 5.73 Å². The van der Waals surface area contributed by atoms with E-state index in [0.29, 0.717) is 12.3 Å². The molecule has 1 amide bonds. The van der Waals surface area contributed by atoms with Gasteiger partial charge < -0.3 is 10.6 Å². The van der Waals surface area contributed by atoms with Gasteiger partial charge in [-0.1, -0.05) is 13.8 Å². The second-order valence-corrected chi connectivity index (χ2v) is 5.24. The molecular weight excluding hydrogens is 208 g/mol. The number of nitrogens with two attached hydrogens (primary N) is 1. The molecule has 1 atom stereocenters. The Labute approximate surface area is 97.8 Å². The lowest BCUT2D eigenvalue weighted by Gasteiger charge is -2.21. The van der Waals surface area contributed by atoms with Gasteiger partial charge >= 0.3 is 0 Å². The molecule has 3 nitrogen and oxygen atoms in total. The summed E-state index contributed by atoms with van der Waals surface area (Å²) in [5.74, 6) is 1.61. The number of hydrogen-bond acceptors (Lipinski definition) is 3. The van der Waals surface area contributed by atoms with Crippen molar-refractivity contribution in [1.82, 2.24) is 4.90 Å². The van der Waals surface area contributed by atoms with E-state index < -0.39 is 0 Å². The molecule has 0 saturated carbocycles. The van der Waals surface area contributed by atoms with Crippen LogP contribution in [0.15, 0.2) is 0 Å². The average Bonchev–Trinajstić information content (AvgIpc) is 2.21. The highest BCUT2D eigenvalue weighted by atomic mass is 32.2. The summed E-state index contributed by atoms with van der Waals surface area (Å²) in [6, 6.07) is 0.195. The fraction of sp³-hybridized carbons (Fsp3) is 0.909. The van der Waals surface area contributed by atoms with Gasteiger partial charge in [-0.25, -0.2) is 0 Å². The first-order valence-corrected chi connectivity index (χ1v) is 6.87. The highest BCUT2D eigenvalue weighted by molar-refractivity contribution is 7.98. The van der Waals surface area contributed by atoms with Gasteiger partial charge in [0.2, 0.25) is 5.91 Å². The third-order valence-corrected chi connectivity index (χ3v) is 3.21. The Morgan fingerprint density at radius 1 is 1.47 bits per heavy atom. The first-order chi connectivity index (χ1) is 6.99. The van der Waals surface area contributed by atoms with Crippen molar-refractivity contribution in [2.45, 2.75) is 32.7 Å². The number of nitrogens with zero attached hydrogens (tertiary/aromatic N) is 1. The molecule has 0 radical (unpaired) electrons. The lowest BCUT2D eigenvalue weighted by molar-refractivity contribution is -0.129. The van der Waals surface area contributed by atoms with Gasteiger partial charge in [0, 0.05) is 31.8 Å². The van der Waals surface area contributed by atoms with E-state index in [1.165, 1.54) is 0 Å². The van der Waals surface area contributed by atoms with Gasteiger partial charge in [0.1, 0.15) is 0 Å². The van der Waals surface area contributed by atoms with Gasteiger partial charge in [-0.05, 0) is 18.6 Å². The first kappa shape index (κ1) is 14.8. The maximum atomic E-state index is 11.6. The number of amides is 1. The van der Waals surface area contributed by atoms with E-state index in [1.54, 1.807) is 16.7 Å². The molecule has 1 unspecified atom stereocenters. The van der Waals surface area contributed by atoms with E-state index in [1.807, 2.05) is 13.3 Å². The summed E-state index contributed by atoms with van der Waals surface area (Å²) in [5, 5.41) is 0. The second kappa shape index (κ2) is 7.99. The SMILES string of the molecule is CSCCC(=O)N(C)CCC(N)C(C)C. The molecule has 0 aromatic rings. The molecule has 0 aliphatic heterocycles. The molecule has 0 rings (SSSR count). The molecule has 0 fully saturated rings. The van der Waals surface area contributed by atoms with Crippen molar-refractivity contribution in [2.75, 3.05) is 25.6 Å². The minimum atomic E-state index is 0.195. The van der Waals surface area contributed by atoms with Crippen LogP contribution in [-0.2, 0) is 4.79 Å². The van der Waals surface area contributed by atoms with Crippen LogP contribution in [0.3, 0.4) is 0 Å². The van der Waals surface area contributed by atoms with Gasteiger partial charge in [-0.2, -0.15) is 11.8 Å². The number of carbonyl (C=O) groups excluding carboxylic acids is 1. The third kappa shape index (κ3) is 6.79. The zero-order valence-electron chi connectivity index (χ0n) is 10.3. The summed E-state index contributed by atoms with van der Waals surface area (Å²) in [5.41, 5.74) is 5.92. The highest BCUT2D eigenvalue weighted by Crippen LogP contribution is 2.05. The molecular formula is C11H24N2OS. The summed E-state index contributed by atoms with van der Waals surface area (Å²) >= 11 is 1.70. The smallest absolute Gasteiger partial charge is 0.223 e. The minimum absolute atomic E-state index is 0.195. The Morgan fingerprint density at radius 2 is 2.07 bits per heavy atom. The molecule has 0 aromatic carbocycles. The summed E-state index contributed by atoms with van der Waals surface area (Å²) in [7, 11) is 1.86. The van der Waals surface area contributed by atoms with Gasteiger partial charge in [0.25, 0.3) is 0 Å². The van der Waals surface area contributed by atoms with Gasteiger partial charge in [-0.15, -0.1) is 0 Å². The van der Waals surface area contributed by atoms with E-state index in [-0.39, 0.29) is 11.9 Å². The summed E-state index contributed by atoms with van der Waals surface area (Å²) < 4.78 is 0. The van der Waals surface area contributed by atoms with E-state index in [4.69, 9.17) is 5.73 Å². The average molecular weight is 232 g/mol. The monoisotopic (exact) mass is 232 g/mol. The van der Waals surface area contributed by atoms with Crippen LogP contribution in [0.1, 0.15) is 26.7 Å². The number of rotatable bonds is 7. The standard InChI is InChI=1S/C11H24N2OS/c1-9(2)10(12)5-7-13(3)11(14)6-8-15-4/h9-10H,5-8,12H2,1-4H3. The number of carbonyl (C=O) groups is 1. The molecule has 0 aromatic heterocycles. The Bertz CT molecular complexity index is 185. The Hall–Kier alpha value is -0.220. The van der Waals surface area contributed by atoms with E-state index in [0.717, 1.165) is 18.7 Å². The molecule has 0 aliphatic rings. The maximum Gasteiger partial charge on any atom is 0.223 e. The summed E-state index contributed by atoms with van der Waals surface area (Å²) in [6.45, 7) is 4.99. The zero-order valence-corrected chi connectivity index (χ0v) is 11.1. The molecule has 0 spiro atoms. The van der Waals surface area contributed by atoms with Crippen LogP contribution in [-0.4, -0.2) is 42.4 Å².